The number of nitrogens with zero attached hydrogens (tertiary/aromatic N) is 2. The number of nitro benzene ring substituents is 1. The molecule has 28 heavy (non-hydrogen) atoms. The molecule has 0 saturated carbocycles. The molecule has 3 rings (SSSR count). The Balaban J connectivity index is 1.55. The van der Waals surface area contributed by atoms with E-state index in [-0.39, 0.29) is 30.5 Å². The van der Waals surface area contributed by atoms with Crippen molar-refractivity contribution in [2.75, 3.05) is 28.6 Å². The predicted molar refractivity (Wildman–Crippen MR) is 108 cm³/mol. The smallest absolute Gasteiger partial charge is 0.292 e. The molecule has 2 aromatic carbocycles. The lowest BCUT2D eigenvalue weighted by molar-refractivity contribution is -0.384. The molecule has 0 aliphatic carbocycles. The fraction of sp³-hybridized carbons (Fsp3) is 0.263. The van der Waals surface area contributed by atoms with Crippen molar-refractivity contribution in [3.05, 3.63) is 57.6 Å². The maximum absolute atomic E-state index is 12.1. The second-order valence-corrected chi connectivity index (χ2v) is 6.72. The molecule has 0 unspecified atom stereocenters. The highest BCUT2D eigenvalue weighted by molar-refractivity contribution is 6.34. The minimum atomic E-state index is -0.475. The Kier molecular flexibility index (Phi) is 6.10. The summed E-state index contributed by atoms with van der Waals surface area (Å²) in [4.78, 5) is 36.1. The van der Waals surface area contributed by atoms with Crippen LogP contribution in [0.1, 0.15) is 19.3 Å². The summed E-state index contributed by atoms with van der Waals surface area (Å²) < 4.78 is 0. The average molecular weight is 403 g/mol. The van der Waals surface area contributed by atoms with Gasteiger partial charge in [0.05, 0.1) is 15.6 Å². The van der Waals surface area contributed by atoms with Crippen molar-refractivity contribution in [3.8, 4) is 0 Å². The fourth-order valence-electron chi connectivity index (χ4n) is 3.02. The van der Waals surface area contributed by atoms with Gasteiger partial charge in [-0.05, 0) is 30.7 Å². The number of rotatable bonds is 7. The van der Waals surface area contributed by atoms with Gasteiger partial charge in [0.15, 0.2) is 0 Å². The Morgan fingerprint density at radius 1 is 1.25 bits per heavy atom. The molecule has 146 valence electrons. The Bertz CT molecular complexity index is 919. The molecular weight excluding hydrogens is 384 g/mol. The van der Waals surface area contributed by atoms with Crippen molar-refractivity contribution in [1.29, 1.82) is 0 Å². The van der Waals surface area contributed by atoms with Gasteiger partial charge in [-0.1, -0.05) is 23.7 Å². The molecule has 0 bridgehead atoms. The van der Waals surface area contributed by atoms with Crippen molar-refractivity contribution in [3.63, 3.8) is 0 Å². The zero-order valence-corrected chi connectivity index (χ0v) is 15.7. The first-order valence-corrected chi connectivity index (χ1v) is 9.20. The SMILES string of the molecule is O=C(CCNc1ccccc1[N+](=O)[O-])Nc1ccc(N2CCCC2=O)c(Cl)c1. The molecular formula is C19H19ClN4O4. The fourth-order valence-corrected chi connectivity index (χ4v) is 3.31. The molecule has 1 saturated heterocycles. The summed E-state index contributed by atoms with van der Waals surface area (Å²) in [6.45, 7) is 0.881. The first-order chi connectivity index (χ1) is 13.5. The van der Waals surface area contributed by atoms with E-state index in [0.29, 0.717) is 35.1 Å². The van der Waals surface area contributed by atoms with E-state index in [2.05, 4.69) is 10.6 Å². The summed E-state index contributed by atoms with van der Waals surface area (Å²) in [6.07, 6.45) is 1.44. The van der Waals surface area contributed by atoms with Gasteiger partial charge in [0.2, 0.25) is 11.8 Å². The van der Waals surface area contributed by atoms with Crippen molar-refractivity contribution in [2.45, 2.75) is 19.3 Å². The zero-order chi connectivity index (χ0) is 20.1. The maximum atomic E-state index is 12.1. The number of hydrogen-bond donors (Lipinski definition) is 2. The molecule has 0 spiro atoms. The second kappa shape index (κ2) is 8.71. The van der Waals surface area contributed by atoms with Gasteiger partial charge in [-0.2, -0.15) is 0 Å². The van der Waals surface area contributed by atoms with Crippen molar-refractivity contribution in [1.82, 2.24) is 0 Å². The van der Waals surface area contributed by atoms with Crippen LogP contribution in [0.4, 0.5) is 22.7 Å². The van der Waals surface area contributed by atoms with Crippen LogP contribution in [-0.4, -0.2) is 29.8 Å². The molecule has 2 amide bonds. The van der Waals surface area contributed by atoms with E-state index in [0.717, 1.165) is 6.42 Å². The van der Waals surface area contributed by atoms with Crippen molar-refractivity contribution < 1.29 is 14.5 Å². The van der Waals surface area contributed by atoms with Crippen LogP contribution in [0.15, 0.2) is 42.5 Å². The van der Waals surface area contributed by atoms with Crippen LogP contribution in [-0.2, 0) is 9.59 Å². The third-order valence-electron chi connectivity index (χ3n) is 4.36. The number of nitro groups is 1. The zero-order valence-electron chi connectivity index (χ0n) is 15.0. The minimum absolute atomic E-state index is 0.0401. The molecule has 0 radical (unpaired) electrons. The van der Waals surface area contributed by atoms with Crippen LogP contribution >= 0.6 is 11.6 Å². The Morgan fingerprint density at radius 3 is 2.71 bits per heavy atom. The maximum Gasteiger partial charge on any atom is 0.292 e. The standard InChI is InChI=1S/C19H19ClN4O4/c20-14-12-13(7-8-16(14)23-11-3-6-19(23)26)22-18(25)9-10-21-15-4-1-2-5-17(15)24(27)28/h1-2,4-5,7-8,12,21H,3,6,9-11H2,(H,22,25). The number of hydrogen-bond acceptors (Lipinski definition) is 5. The summed E-state index contributed by atoms with van der Waals surface area (Å²) in [7, 11) is 0. The molecule has 1 fully saturated rings. The first kappa shape index (κ1) is 19.6. The van der Waals surface area contributed by atoms with Crippen molar-refractivity contribution >= 4 is 46.2 Å². The van der Waals surface area contributed by atoms with Gasteiger partial charge in [-0.15, -0.1) is 0 Å². The number of benzene rings is 2. The van der Waals surface area contributed by atoms with Crippen LogP contribution in [0.5, 0.6) is 0 Å². The lowest BCUT2D eigenvalue weighted by Crippen LogP contribution is -2.24. The van der Waals surface area contributed by atoms with Gasteiger partial charge < -0.3 is 15.5 Å². The van der Waals surface area contributed by atoms with E-state index < -0.39 is 4.92 Å². The molecule has 2 N–H and O–H groups in total. The first-order valence-electron chi connectivity index (χ1n) is 8.83. The van der Waals surface area contributed by atoms with E-state index in [9.17, 15) is 19.7 Å². The van der Waals surface area contributed by atoms with Crippen LogP contribution in [0.3, 0.4) is 0 Å². The van der Waals surface area contributed by atoms with E-state index in [4.69, 9.17) is 11.6 Å². The molecule has 2 aromatic rings. The number of carbonyl (C=O) groups is 2. The topological polar surface area (TPSA) is 105 Å². The number of nitrogens with one attached hydrogen (secondary N) is 2. The van der Waals surface area contributed by atoms with Crippen LogP contribution in [0.2, 0.25) is 5.02 Å². The van der Waals surface area contributed by atoms with Gasteiger partial charge in [0, 0.05) is 37.7 Å². The third-order valence-corrected chi connectivity index (χ3v) is 4.67. The van der Waals surface area contributed by atoms with Gasteiger partial charge in [-0.3, -0.25) is 19.7 Å². The van der Waals surface area contributed by atoms with Crippen LogP contribution in [0, 0.1) is 10.1 Å². The van der Waals surface area contributed by atoms with E-state index in [1.54, 1.807) is 41.3 Å². The summed E-state index contributed by atoms with van der Waals surface area (Å²) in [5.41, 5.74) is 1.49. The van der Waals surface area contributed by atoms with E-state index >= 15 is 0 Å². The molecule has 0 aromatic heterocycles. The number of amides is 2. The van der Waals surface area contributed by atoms with Crippen LogP contribution < -0.4 is 15.5 Å². The molecule has 1 aliphatic heterocycles. The lowest BCUT2D eigenvalue weighted by Gasteiger charge is -2.18. The highest BCUT2D eigenvalue weighted by Gasteiger charge is 2.23. The average Bonchev–Trinajstić information content (AvgIpc) is 3.08. The second-order valence-electron chi connectivity index (χ2n) is 6.31. The molecule has 0 atom stereocenters. The largest absolute Gasteiger partial charge is 0.379 e. The van der Waals surface area contributed by atoms with Crippen LogP contribution in [0.25, 0.3) is 0 Å². The van der Waals surface area contributed by atoms with Gasteiger partial charge in [0.25, 0.3) is 5.69 Å². The number of carbonyl (C=O) groups excluding carboxylic acids is 2. The quantitative estimate of drug-likeness (QED) is 0.541. The van der Waals surface area contributed by atoms with E-state index in [1.807, 2.05) is 0 Å². The molecule has 8 nitrogen and oxygen atoms in total. The van der Waals surface area contributed by atoms with Gasteiger partial charge in [0.1, 0.15) is 5.69 Å². The predicted octanol–water partition coefficient (Wildman–Crippen LogP) is 3.82. The number of para-hydroxylation sites is 2. The number of anilines is 3. The lowest BCUT2D eigenvalue weighted by atomic mass is 10.2. The molecule has 1 aliphatic rings. The highest BCUT2D eigenvalue weighted by Crippen LogP contribution is 2.31. The summed E-state index contributed by atoms with van der Waals surface area (Å²) in [5, 5.41) is 17.0. The Morgan fingerprint density at radius 2 is 2.04 bits per heavy atom. The van der Waals surface area contributed by atoms with Crippen molar-refractivity contribution in [2.24, 2.45) is 0 Å². The van der Waals surface area contributed by atoms with E-state index in [1.165, 1.54) is 6.07 Å². The molecule has 9 heteroatoms. The minimum Gasteiger partial charge on any atom is -0.379 e. The summed E-state index contributed by atoms with van der Waals surface area (Å²) in [6, 6.07) is 11.3. The Labute approximate surface area is 166 Å². The summed E-state index contributed by atoms with van der Waals surface area (Å²) >= 11 is 6.27. The third kappa shape index (κ3) is 4.58. The molecule has 1 heterocycles. The van der Waals surface area contributed by atoms with Gasteiger partial charge >= 0.3 is 0 Å². The number of halogens is 1. The Hall–Kier alpha value is -3.13. The normalized spacial score (nSPS) is 13.5. The van der Waals surface area contributed by atoms with Gasteiger partial charge in [-0.25, -0.2) is 0 Å². The highest BCUT2D eigenvalue weighted by atomic mass is 35.5. The summed E-state index contributed by atoms with van der Waals surface area (Å²) in [5.74, 6) is -0.216. The monoisotopic (exact) mass is 402 g/mol.